The maximum absolute atomic E-state index is 12.9. The van der Waals surface area contributed by atoms with Crippen LogP contribution in [0.5, 0.6) is 11.5 Å². The highest BCUT2D eigenvalue weighted by Crippen LogP contribution is 2.22. The fourth-order valence-corrected chi connectivity index (χ4v) is 3.29. The molecule has 0 radical (unpaired) electrons. The number of hydrogen-bond acceptors (Lipinski definition) is 5. The van der Waals surface area contributed by atoms with E-state index < -0.39 is 11.9 Å². The van der Waals surface area contributed by atoms with Crippen LogP contribution in [0.2, 0.25) is 0 Å². The summed E-state index contributed by atoms with van der Waals surface area (Å²) >= 11 is 0. The topological polar surface area (TPSA) is 89.4 Å². The van der Waals surface area contributed by atoms with Crippen molar-refractivity contribution in [3.05, 3.63) is 66.6 Å². The number of aromatic nitrogens is 3. The Balaban J connectivity index is 1.47. The Morgan fingerprint density at radius 2 is 1.97 bits per heavy atom. The predicted octanol–water partition coefficient (Wildman–Crippen LogP) is 2.63. The molecule has 8 nitrogen and oxygen atoms in total. The number of benzene rings is 1. The number of para-hydroxylation sites is 1. The van der Waals surface area contributed by atoms with Crippen LogP contribution >= 0.6 is 0 Å². The highest BCUT2D eigenvalue weighted by molar-refractivity contribution is 6.01. The largest absolute Gasteiger partial charge is 0.457 e. The Morgan fingerprint density at radius 1 is 1.14 bits per heavy atom. The summed E-state index contributed by atoms with van der Waals surface area (Å²) < 4.78 is 7.55. The summed E-state index contributed by atoms with van der Waals surface area (Å²) in [5, 5.41) is 7.05. The maximum Gasteiger partial charge on any atom is 0.270 e. The van der Waals surface area contributed by atoms with Crippen LogP contribution in [0.1, 0.15) is 23.3 Å². The zero-order valence-corrected chi connectivity index (χ0v) is 16.0. The fourth-order valence-electron chi connectivity index (χ4n) is 3.29. The third-order valence-electron chi connectivity index (χ3n) is 4.78. The van der Waals surface area contributed by atoms with Crippen LogP contribution in [0.4, 0.5) is 5.82 Å². The van der Waals surface area contributed by atoms with Gasteiger partial charge in [-0.25, -0.2) is 4.68 Å². The molecular formula is C21H21N5O3. The molecule has 2 aromatic heterocycles. The number of anilines is 1. The van der Waals surface area contributed by atoms with E-state index in [9.17, 15) is 9.59 Å². The van der Waals surface area contributed by atoms with Crippen molar-refractivity contribution in [3.63, 3.8) is 0 Å². The molecule has 0 fully saturated rings. The van der Waals surface area contributed by atoms with Crippen LogP contribution in [0.3, 0.4) is 0 Å². The maximum atomic E-state index is 12.9. The first-order chi connectivity index (χ1) is 14.1. The molecule has 0 saturated carbocycles. The van der Waals surface area contributed by atoms with Gasteiger partial charge in [-0.2, -0.15) is 5.10 Å². The van der Waals surface area contributed by atoms with Gasteiger partial charge in [-0.15, -0.1) is 0 Å². The molecule has 0 saturated heterocycles. The molecule has 1 aromatic carbocycles. The Hall–Kier alpha value is -3.68. The highest BCUT2D eigenvalue weighted by Gasteiger charge is 2.28. The zero-order chi connectivity index (χ0) is 20.2. The molecule has 1 atom stereocenters. The molecule has 1 N–H and O–H groups in total. The molecule has 0 spiro atoms. The molecular weight excluding hydrogens is 370 g/mol. The minimum atomic E-state index is -0.628. The molecule has 2 amide bonds. The van der Waals surface area contributed by atoms with E-state index in [4.69, 9.17) is 4.74 Å². The van der Waals surface area contributed by atoms with E-state index in [0.29, 0.717) is 30.3 Å². The van der Waals surface area contributed by atoms with Crippen molar-refractivity contribution in [1.29, 1.82) is 0 Å². The van der Waals surface area contributed by atoms with Crippen molar-refractivity contribution < 1.29 is 14.3 Å². The van der Waals surface area contributed by atoms with Gasteiger partial charge in [0, 0.05) is 31.9 Å². The van der Waals surface area contributed by atoms with Gasteiger partial charge in [0.1, 0.15) is 29.1 Å². The number of amides is 2. The highest BCUT2D eigenvalue weighted by atomic mass is 16.5. The van der Waals surface area contributed by atoms with E-state index in [1.54, 1.807) is 36.1 Å². The Labute approximate surface area is 168 Å². The van der Waals surface area contributed by atoms with E-state index >= 15 is 0 Å². The second-order valence-corrected chi connectivity index (χ2v) is 6.77. The number of ether oxygens (including phenoxy) is 1. The second kappa shape index (κ2) is 8.14. The standard InChI is InChI=1S/C21H21N5O3/c1-25-19-10-12-23-26(19)13-5-8-17(21(25)28)24-20(27)18-14-16(9-11-22-18)29-15-6-3-2-4-7-15/h2-4,6-7,9-12,14,17H,5,8,13H2,1H3,(H,24,27)/t17-/m0/s1. The summed E-state index contributed by atoms with van der Waals surface area (Å²) in [6.45, 7) is 0.685. The number of fused-ring (bicyclic) bond motifs is 1. The van der Waals surface area contributed by atoms with E-state index in [-0.39, 0.29) is 11.6 Å². The summed E-state index contributed by atoms with van der Waals surface area (Å²) in [7, 11) is 1.69. The quantitative estimate of drug-likeness (QED) is 0.738. The number of rotatable bonds is 4. The molecule has 0 aliphatic carbocycles. The average molecular weight is 391 g/mol. The lowest BCUT2D eigenvalue weighted by Crippen LogP contribution is -2.49. The summed E-state index contributed by atoms with van der Waals surface area (Å²) in [6.07, 6.45) is 4.43. The number of nitrogens with one attached hydrogen (secondary N) is 1. The molecule has 148 valence electrons. The number of hydrogen-bond donors (Lipinski definition) is 1. The summed E-state index contributed by atoms with van der Waals surface area (Å²) in [5.41, 5.74) is 0.195. The zero-order valence-electron chi connectivity index (χ0n) is 16.0. The van der Waals surface area contributed by atoms with Crippen molar-refractivity contribution in [2.24, 2.45) is 0 Å². The predicted molar refractivity (Wildman–Crippen MR) is 107 cm³/mol. The van der Waals surface area contributed by atoms with Gasteiger partial charge in [-0.05, 0) is 31.0 Å². The van der Waals surface area contributed by atoms with Gasteiger partial charge in [0.05, 0.1) is 6.20 Å². The second-order valence-electron chi connectivity index (χ2n) is 6.77. The Morgan fingerprint density at radius 3 is 2.79 bits per heavy atom. The third kappa shape index (κ3) is 4.11. The average Bonchev–Trinajstić information content (AvgIpc) is 3.20. The smallest absolute Gasteiger partial charge is 0.270 e. The van der Waals surface area contributed by atoms with Crippen LogP contribution in [0.25, 0.3) is 0 Å². The van der Waals surface area contributed by atoms with Crippen molar-refractivity contribution in [3.8, 4) is 11.5 Å². The molecule has 3 heterocycles. The van der Waals surface area contributed by atoms with E-state index in [2.05, 4.69) is 15.4 Å². The number of carbonyl (C=O) groups is 2. The van der Waals surface area contributed by atoms with Gasteiger partial charge < -0.3 is 10.1 Å². The van der Waals surface area contributed by atoms with Gasteiger partial charge in [0.25, 0.3) is 5.91 Å². The van der Waals surface area contributed by atoms with Crippen molar-refractivity contribution >= 4 is 17.6 Å². The molecule has 8 heteroatoms. The van der Waals surface area contributed by atoms with Crippen molar-refractivity contribution in [1.82, 2.24) is 20.1 Å². The summed E-state index contributed by atoms with van der Waals surface area (Å²) in [4.78, 5) is 31.3. The van der Waals surface area contributed by atoms with Crippen LogP contribution in [0, 0.1) is 0 Å². The molecule has 0 unspecified atom stereocenters. The normalized spacial score (nSPS) is 16.5. The van der Waals surface area contributed by atoms with Crippen LogP contribution < -0.4 is 15.0 Å². The van der Waals surface area contributed by atoms with Crippen molar-refractivity contribution in [2.45, 2.75) is 25.4 Å². The Kier molecular flexibility index (Phi) is 5.24. The first kappa shape index (κ1) is 18.7. The molecule has 1 aliphatic rings. The van der Waals surface area contributed by atoms with E-state index in [1.807, 2.05) is 30.3 Å². The number of carbonyl (C=O) groups excluding carboxylic acids is 2. The minimum Gasteiger partial charge on any atom is -0.457 e. The van der Waals surface area contributed by atoms with Gasteiger partial charge in [0.15, 0.2) is 0 Å². The van der Waals surface area contributed by atoms with Gasteiger partial charge in [0.2, 0.25) is 5.91 Å². The van der Waals surface area contributed by atoms with E-state index in [0.717, 1.165) is 6.42 Å². The fraction of sp³-hybridized carbons (Fsp3) is 0.238. The number of nitrogens with zero attached hydrogens (tertiary/aromatic N) is 4. The molecule has 4 rings (SSSR count). The SMILES string of the molecule is CN1C(=O)[C@@H](NC(=O)c2cc(Oc3ccccc3)ccn2)CCCn2nccc21. The van der Waals surface area contributed by atoms with Crippen LogP contribution in [-0.2, 0) is 11.3 Å². The van der Waals surface area contributed by atoms with Crippen LogP contribution in [-0.4, -0.2) is 39.7 Å². The molecule has 1 aliphatic heterocycles. The monoisotopic (exact) mass is 391 g/mol. The summed E-state index contributed by atoms with van der Waals surface area (Å²) in [6, 6.07) is 13.7. The lowest BCUT2D eigenvalue weighted by atomic mass is 10.1. The third-order valence-corrected chi connectivity index (χ3v) is 4.78. The van der Waals surface area contributed by atoms with E-state index in [1.165, 1.54) is 11.1 Å². The first-order valence-corrected chi connectivity index (χ1v) is 9.41. The number of pyridine rings is 1. The molecule has 3 aromatic rings. The van der Waals surface area contributed by atoms with Crippen molar-refractivity contribution in [2.75, 3.05) is 11.9 Å². The number of likely N-dealkylation sites (N-methyl/N-ethyl adjacent to an activating group) is 1. The Bertz CT molecular complexity index is 1020. The lowest BCUT2D eigenvalue weighted by Gasteiger charge is -2.27. The van der Waals surface area contributed by atoms with Crippen LogP contribution in [0.15, 0.2) is 60.9 Å². The molecule has 0 bridgehead atoms. The van der Waals surface area contributed by atoms with Gasteiger partial charge in [-0.3, -0.25) is 19.5 Å². The van der Waals surface area contributed by atoms with Gasteiger partial charge in [-0.1, -0.05) is 18.2 Å². The van der Waals surface area contributed by atoms with Gasteiger partial charge >= 0.3 is 0 Å². The number of aryl methyl sites for hydroxylation is 1. The lowest BCUT2D eigenvalue weighted by molar-refractivity contribution is -0.120. The molecule has 29 heavy (non-hydrogen) atoms. The summed E-state index contributed by atoms with van der Waals surface area (Å²) in [5.74, 6) is 1.28. The first-order valence-electron chi connectivity index (χ1n) is 9.41. The minimum absolute atomic E-state index is 0.184.